The maximum absolute atomic E-state index is 13.4. The van der Waals surface area contributed by atoms with Crippen molar-refractivity contribution in [1.82, 2.24) is 14.5 Å². The number of aryl methyl sites for hydroxylation is 1. The van der Waals surface area contributed by atoms with Crippen molar-refractivity contribution in [2.24, 2.45) is 4.36 Å². The Kier molecular flexibility index (Phi) is 5.41. The Morgan fingerprint density at radius 1 is 1.17 bits per heavy atom. The number of carbonyl (C=O) groups is 1. The van der Waals surface area contributed by atoms with Gasteiger partial charge in [-0.3, -0.25) is 4.79 Å². The highest BCUT2D eigenvalue weighted by molar-refractivity contribution is 7.62. The summed E-state index contributed by atoms with van der Waals surface area (Å²) in [6.07, 6.45) is -4.12. The van der Waals surface area contributed by atoms with Crippen molar-refractivity contribution in [2.45, 2.75) is 25.6 Å². The summed E-state index contributed by atoms with van der Waals surface area (Å²) in [6.45, 7) is 2.95. The van der Waals surface area contributed by atoms with Gasteiger partial charge in [0.1, 0.15) is 0 Å². The second-order valence-electron chi connectivity index (χ2n) is 6.16. The van der Waals surface area contributed by atoms with Crippen LogP contribution in [0, 0.1) is 6.92 Å². The van der Waals surface area contributed by atoms with Crippen LogP contribution in [0.3, 0.4) is 0 Å². The Balaban J connectivity index is 2.37. The molecule has 0 aliphatic carbocycles. The number of hydrogen-bond acceptors (Lipinski definition) is 6. The number of benzene rings is 1. The molecule has 152 valence electrons. The Labute approximate surface area is 168 Å². The summed E-state index contributed by atoms with van der Waals surface area (Å²) in [6, 6.07) is 7.78. The van der Waals surface area contributed by atoms with E-state index in [1.54, 1.807) is 30.5 Å². The van der Waals surface area contributed by atoms with E-state index in [1.165, 1.54) is 19.1 Å². The van der Waals surface area contributed by atoms with Crippen molar-refractivity contribution < 1.29 is 26.4 Å². The van der Waals surface area contributed by atoms with Gasteiger partial charge in [0.2, 0.25) is 0 Å². The Bertz CT molecular complexity index is 1190. The Morgan fingerprint density at radius 3 is 2.34 bits per heavy atom. The number of aromatic nitrogens is 3. The summed E-state index contributed by atoms with van der Waals surface area (Å²) in [4.78, 5) is 20.6. The number of rotatable bonds is 4. The number of amides is 1. The molecule has 1 atom stereocenters. The lowest BCUT2D eigenvalue weighted by atomic mass is 9.90. The third kappa shape index (κ3) is 3.98. The molecule has 3 aromatic rings. The molecule has 0 fully saturated rings. The molecular formula is C17H13F3N4O3S2. The molecule has 1 aromatic carbocycles. The van der Waals surface area contributed by atoms with Gasteiger partial charge in [0, 0.05) is 17.3 Å². The van der Waals surface area contributed by atoms with Crippen molar-refractivity contribution in [2.75, 3.05) is 0 Å². The van der Waals surface area contributed by atoms with E-state index in [4.69, 9.17) is 0 Å². The van der Waals surface area contributed by atoms with E-state index in [1.807, 2.05) is 0 Å². The predicted molar refractivity (Wildman–Crippen MR) is 98.6 cm³/mol. The molecule has 3 rings (SSSR count). The van der Waals surface area contributed by atoms with Crippen LogP contribution in [0.15, 0.2) is 46.3 Å². The zero-order chi connectivity index (χ0) is 21.4. The van der Waals surface area contributed by atoms with E-state index >= 15 is 0 Å². The third-order valence-electron chi connectivity index (χ3n) is 4.20. The second kappa shape index (κ2) is 7.52. The number of carbonyl (C=O) groups excluding carboxylic acids is 1. The second-order valence-corrected chi connectivity index (χ2v) is 7.64. The molecule has 0 aliphatic rings. The van der Waals surface area contributed by atoms with Gasteiger partial charge in [-0.25, -0.2) is 9.97 Å². The van der Waals surface area contributed by atoms with E-state index in [0.717, 1.165) is 15.9 Å². The molecule has 1 unspecified atom stereocenters. The highest BCUT2D eigenvalue weighted by atomic mass is 32.2. The number of alkyl halides is 3. The zero-order valence-electron chi connectivity index (χ0n) is 15.0. The average Bonchev–Trinajstić information content (AvgIpc) is 3.27. The topological polar surface area (TPSA) is 94.3 Å². The van der Waals surface area contributed by atoms with E-state index in [2.05, 4.69) is 14.3 Å². The van der Waals surface area contributed by atoms with Gasteiger partial charge in [-0.15, -0.1) is 11.3 Å². The van der Waals surface area contributed by atoms with Gasteiger partial charge < -0.3 is 4.57 Å². The first kappa shape index (κ1) is 20.9. The van der Waals surface area contributed by atoms with Gasteiger partial charge in [0.25, 0.3) is 5.91 Å². The van der Waals surface area contributed by atoms with E-state index < -0.39 is 33.8 Å². The van der Waals surface area contributed by atoms with Crippen LogP contribution in [0.25, 0.3) is 10.8 Å². The van der Waals surface area contributed by atoms with Crippen molar-refractivity contribution in [1.29, 1.82) is 0 Å². The van der Waals surface area contributed by atoms with Crippen LogP contribution >= 0.6 is 11.3 Å². The van der Waals surface area contributed by atoms with Crippen LogP contribution in [0.4, 0.5) is 13.2 Å². The molecule has 12 heteroatoms. The lowest BCUT2D eigenvalue weighted by molar-refractivity contribution is -0.141. The van der Waals surface area contributed by atoms with Crippen LogP contribution < -0.4 is 0 Å². The zero-order valence-corrected chi connectivity index (χ0v) is 16.6. The fourth-order valence-electron chi connectivity index (χ4n) is 2.75. The van der Waals surface area contributed by atoms with Crippen LogP contribution in [0.1, 0.15) is 23.9 Å². The molecule has 7 nitrogen and oxygen atoms in total. The summed E-state index contributed by atoms with van der Waals surface area (Å²) in [5.74, 6) is -1.39. The van der Waals surface area contributed by atoms with E-state index in [0.29, 0.717) is 11.9 Å². The molecule has 2 aromatic heterocycles. The summed E-state index contributed by atoms with van der Waals surface area (Å²) in [5, 5.41) is 1.77. The first-order chi connectivity index (χ1) is 13.5. The molecule has 0 bridgehead atoms. The van der Waals surface area contributed by atoms with Gasteiger partial charge in [0.15, 0.2) is 22.1 Å². The predicted octanol–water partition coefficient (Wildman–Crippen LogP) is 3.69. The minimum atomic E-state index is -4.79. The van der Waals surface area contributed by atoms with Crippen LogP contribution in [-0.4, -0.2) is 28.9 Å². The number of hydrogen-bond donors (Lipinski definition) is 0. The average molecular weight is 442 g/mol. The first-order valence-corrected chi connectivity index (χ1v) is 9.95. The number of nitrogens with zero attached hydrogens (tertiary/aromatic N) is 4. The standard InChI is InChI=1S/C17H13F3N4O3S2/c1-10-9-28-14(21-10)13-22-12(17(18,19)20)8-24(13)16(2,15(25)23-29(26)27)11-6-4-3-5-7-11/h3-9H,1-2H3. The Hall–Kier alpha value is -2.86. The highest BCUT2D eigenvalue weighted by Crippen LogP contribution is 2.38. The molecule has 0 spiro atoms. The molecule has 29 heavy (non-hydrogen) atoms. The summed E-state index contributed by atoms with van der Waals surface area (Å²) < 4.78 is 66.3. The Morgan fingerprint density at radius 2 is 1.83 bits per heavy atom. The fourth-order valence-corrected chi connectivity index (χ4v) is 3.84. The normalized spacial score (nSPS) is 13.7. The quantitative estimate of drug-likeness (QED) is 0.614. The van der Waals surface area contributed by atoms with Gasteiger partial charge in [-0.2, -0.15) is 21.6 Å². The lowest BCUT2D eigenvalue weighted by Gasteiger charge is -2.29. The van der Waals surface area contributed by atoms with Crippen molar-refractivity contribution in [3.63, 3.8) is 0 Å². The number of thiazole rings is 1. The van der Waals surface area contributed by atoms with Crippen LogP contribution in [0.5, 0.6) is 0 Å². The van der Waals surface area contributed by atoms with Crippen LogP contribution in [0.2, 0.25) is 0 Å². The monoisotopic (exact) mass is 442 g/mol. The van der Waals surface area contributed by atoms with E-state index in [-0.39, 0.29) is 16.4 Å². The van der Waals surface area contributed by atoms with Crippen molar-refractivity contribution >= 4 is 27.7 Å². The SMILES string of the molecule is Cc1csc(-c2nc(C(F)(F)F)cn2C(C)(C(=O)N=S(=O)=O)c2ccccc2)n1. The van der Waals surface area contributed by atoms with Crippen molar-refractivity contribution in [3.8, 4) is 10.8 Å². The highest BCUT2D eigenvalue weighted by Gasteiger charge is 2.43. The first-order valence-electron chi connectivity index (χ1n) is 8.04. The molecule has 2 heterocycles. The molecular weight excluding hydrogens is 429 g/mol. The van der Waals surface area contributed by atoms with Gasteiger partial charge in [0.05, 0.1) is 0 Å². The number of imidazole rings is 1. The maximum Gasteiger partial charge on any atom is 0.434 e. The van der Waals surface area contributed by atoms with Crippen LogP contribution in [-0.2, 0) is 27.0 Å². The molecule has 0 N–H and O–H groups in total. The summed E-state index contributed by atoms with van der Waals surface area (Å²) >= 11 is 1.05. The molecule has 0 aliphatic heterocycles. The van der Waals surface area contributed by atoms with Crippen molar-refractivity contribution in [3.05, 3.63) is 58.9 Å². The number of halogens is 3. The third-order valence-corrected chi connectivity index (χ3v) is 5.47. The molecule has 0 saturated carbocycles. The molecule has 0 saturated heterocycles. The van der Waals surface area contributed by atoms with E-state index in [9.17, 15) is 26.4 Å². The van der Waals surface area contributed by atoms with Gasteiger partial charge >= 0.3 is 16.7 Å². The lowest BCUT2D eigenvalue weighted by Crippen LogP contribution is -2.39. The smallest absolute Gasteiger partial charge is 0.309 e. The summed E-state index contributed by atoms with van der Waals surface area (Å²) in [7, 11) is -3.09. The maximum atomic E-state index is 13.4. The minimum Gasteiger partial charge on any atom is -0.309 e. The summed E-state index contributed by atoms with van der Waals surface area (Å²) in [5.41, 5.74) is -2.35. The van der Waals surface area contributed by atoms with Gasteiger partial charge in [-0.1, -0.05) is 34.7 Å². The molecule has 1 amide bonds. The fraction of sp³-hybridized carbons (Fsp3) is 0.235. The van der Waals surface area contributed by atoms with Gasteiger partial charge in [-0.05, 0) is 19.4 Å². The minimum absolute atomic E-state index is 0.149. The molecule has 0 radical (unpaired) electrons. The largest absolute Gasteiger partial charge is 0.434 e.